The zero-order valence-corrected chi connectivity index (χ0v) is 13.3. The summed E-state index contributed by atoms with van der Waals surface area (Å²) >= 11 is 0. The van der Waals surface area contributed by atoms with E-state index in [4.69, 9.17) is 0 Å². The molecule has 1 amide bonds. The fraction of sp³-hybridized carbons (Fsp3) is 0.533. The molecule has 1 aliphatic rings. The van der Waals surface area contributed by atoms with E-state index >= 15 is 0 Å². The molecule has 1 fully saturated rings. The van der Waals surface area contributed by atoms with Crippen LogP contribution in [0.15, 0.2) is 18.2 Å². The van der Waals surface area contributed by atoms with Crippen LogP contribution in [0.25, 0.3) is 0 Å². The smallest absolute Gasteiger partial charge is 0.225 e. The lowest BCUT2D eigenvalue weighted by atomic mass is 10.1. The summed E-state index contributed by atoms with van der Waals surface area (Å²) in [6.07, 6.45) is 0.977. The lowest BCUT2D eigenvalue weighted by Crippen LogP contribution is -2.32. The minimum absolute atomic E-state index is 0.0106. The van der Waals surface area contributed by atoms with E-state index in [1.807, 2.05) is 32.0 Å². The summed E-state index contributed by atoms with van der Waals surface area (Å²) < 4.78 is 22.7. The summed E-state index contributed by atoms with van der Waals surface area (Å²) in [6, 6.07) is 5.92. The molecular formula is C15H22N2O3S. The van der Waals surface area contributed by atoms with E-state index in [0.717, 1.165) is 16.8 Å². The van der Waals surface area contributed by atoms with Gasteiger partial charge in [-0.25, -0.2) is 8.42 Å². The number of rotatable bonds is 5. The molecule has 2 rings (SSSR count). The topological polar surface area (TPSA) is 75.3 Å². The molecular weight excluding hydrogens is 288 g/mol. The van der Waals surface area contributed by atoms with E-state index in [0.29, 0.717) is 19.4 Å². The Labute approximate surface area is 126 Å². The van der Waals surface area contributed by atoms with E-state index in [-0.39, 0.29) is 23.5 Å². The molecule has 5 nitrogen and oxygen atoms in total. The van der Waals surface area contributed by atoms with Crippen molar-refractivity contribution >= 4 is 21.4 Å². The highest BCUT2D eigenvalue weighted by molar-refractivity contribution is 7.91. The Balaban J connectivity index is 1.76. The molecule has 1 aromatic carbocycles. The predicted octanol–water partition coefficient (Wildman–Crippen LogP) is 1.41. The highest BCUT2D eigenvalue weighted by Crippen LogP contribution is 2.16. The van der Waals surface area contributed by atoms with E-state index in [2.05, 4.69) is 10.6 Å². The second-order valence-corrected chi connectivity index (χ2v) is 7.90. The van der Waals surface area contributed by atoms with Crippen molar-refractivity contribution < 1.29 is 13.2 Å². The fourth-order valence-electron chi connectivity index (χ4n) is 2.43. The number of nitrogens with one attached hydrogen (secondary N) is 2. The minimum atomic E-state index is -2.87. The van der Waals surface area contributed by atoms with Crippen molar-refractivity contribution in [2.24, 2.45) is 0 Å². The summed E-state index contributed by atoms with van der Waals surface area (Å²) in [4.78, 5) is 11.9. The number of anilines is 1. The van der Waals surface area contributed by atoms with Crippen molar-refractivity contribution in [2.75, 3.05) is 23.4 Å². The Morgan fingerprint density at radius 1 is 1.33 bits per heavy atom. The molecule has 1 saturated heterocycles. The van der Waals surface area contributed by atoms with Crippen LogP contribution in [0.4, 0.5) is 5.69 Å². The SMILES string of the molecule is Cc1ccc(C)c(NC(=O)CCNC2CCS(=O)(=O)C2)c1. The number of carbonyl (C=O) groups excluding carboxylic acids is 1. The zero-order chi connectivity index (χ0) is 15.5. The van der Waals surface area contributed by atoms with Gasteiger partial charge >= 0.3 is 0 Å². The molecule has 1 aromatic rings. The van der Waals surface area contributed by atoms with Crippen molar-refractivity contribution in [1.29, 1.82) is 0 Å². The van der Waals surface area contributed by atoms with Gasteiger partial charge in [0.2, 0.25) is 5.91 Å². The number of aryl methyl sites for hydroxylation is 2. The van der Waals surface area contributed by atoms with Crippen LogP contribution in [-0.2, 0) is 14.6 Å². The van der Waals surface area contributed by atoms with Gasteiger partial charge in [0, 0.05) is 24.7 Å². The molecule has 1 unspecified atom stereocenters. The van der Waals surface area contributed by atoms with Crippen LogP contribution >= 0.6 is 0 Å². The second-order valence-electron chi connectivity index (χ2n) is 5.67. The van der Waals surface area contributed by atoms with Crippen molar-refractivity contribution in [1.82, 2.24) is 5.32 Å². The molecule has 0 radical (unpaired) electrons. The highest BCUT2D eigenvalue weighted by atomic mass is 32.2. The summed E-state index contributed by atoms with van der Waals surface area (Å²) in [6.45, 7) is 4.44. The maximum atomic E-state index is 11.9. The average molecular weight is 310 g/mol. The van der Waals surface area contributed by atoms with Crippen LogP contribution in [0.2, 0.25) is 0 Å². The monoisotopic (exact) mass is 310 g/mol. The maximum Gasteiger partial charge on any atom is 0.225 e. The highest BCUT2D eigenvalue weighted by Gasteiger charge is 2.27. The molecule has 0 spiro atoms. The van der Waals surface area contributed by atoms with Crippen molar-refractivity contribution in [3.63, 3.8) is 0 Å². The average Bonchev–Trinajstić information content (AvgIpc) is 2.73. The Morgan fingerprint density at radius 3 is 2.76 bits per heavy atom. The summed E-state index contributed by atoms with van der Waals surface area (Å²) in [5, 5.41) is 6.04. The largest absolute Gasteiger partial charge is 0.326 e. The first kappa shape index (κ1) is 16.0. The first-order valence-electron chi connectivity index (χ1n) is 7.17. The number of benzene rings is 1. The van der Waals surface area contributed by atoms with Gasteiger partial charge in [0.1, 0.15) is 0 Å². The number of amides is 1. The second kappa shape index (κ2) is 6.58. The number of carbonyl (C=O) groups is 1. The number of hydrogen-bond donors (Lipinski definition) is 2. The van der Waals surface area contributed by atoms with Crippen molar-refractivity contribution in [2.45, 2.75) is 32.7 Å². The lowest BCUT2D eigenvalue weighted by Gasteiger charge is -2.12. The van der Waals surface area contributed by atoms with Gasteiger partial charge in [-0.05, 0) is 37.5 Å². The van der Waals surface area contributed by atoms with Gasteiger partial charge in [0.15, 0.2) is 9.84 Å². The van der Waals surface area contributed by atoms with Crippen LogP contribution in [0.1, 0.15) is 24.0 Å². The van der Waals surface area contributed by atoms with E-state index in [9.17, 15) is 13.2 Å². The zero-order valence-electron chi connectivity index (χ0n) is 12.5. The van der Waals surface area contributed by atoms with Crippen molar-refractivity contribution in [3.05, 3.63) is 29.3 Å². The third-order valence-electron chi connectivity index (χ3n) is 3.68. The molecule has 21 heavy (non-hydrogen) atoms. The molecule has 0 aromatic heterocycles. The molecule has 1 atom stereocenters. The number of hydrogen-bond acceptors (Lipinski definition) is 4. The lowest BCUT2D eigenvalue weighted by molar-refractivity contribution is -0.116. The molecule has 1 aliphatic heterocycles. The quantitative estimate of drug-likeness (QED) is 0.862. The number of sulfone groups is 1. The van der Waals surface area contributed by atoms with Gasteiger partial charge < -0.3 is 10.6 Å². The molecule has 1 heterocycles. The standard InChI is InChI=1S/C15H22N2O3S/c1-11-3-4-12(2)14(9-11)17-15(18)5-7-16-13-6-8-21(19,20)10-13/h3-4,9,13,16H,5-8,10H2,1-2H3,(H,17,18). The fourth-order valence-corrected chi connectivity index (χ4v) is 4.14. The first-order valence-corrected chi connectivity index (χ1v) is 8.99. The molecule has 0 saturated carbocycles. The molecule has 0 aliphatic carbocycles. The van der Waals surface area contributed by atoms with Gasteiger partial charge in [-0.3, -0.25) is 4.79 Å². The van der Waals surface area contributed by atoms with E-state index in [1.165, 1.54) is 0 Å². The van der Waals surface area contributed by atoms with E-state index < -0.39 is 9.84 Å². The third kappa shape index (κ3) is 4.82. The normalized spacial score (nSPS) is 20.4. The Hall–Kier alpha value is -1.40. The van der Waals surface area contributed by atoms with Gasteiger partial charge in [-0.15, -0.1) is 0 Å². The Bertz CT molecular complexity index is 626. The van der Waals surface area contributed by atoms with Gasteiger partial charge in [-0.1, -0.05) is 12.1 Å². The van der Waals surface area contributed by atoms with Gasteiger partial charge in [0.05, 0.1) is 11.5 Å². The molecule has 2 N–H and O–H groups in total. The first-order chi connectivity index (χ1) is 9.85. The van der Waals surface area contributed by atoms with Crippen LogP contribution in [0.5, 0.6) is 0 Å². The molecule has 6 heteroatoms. The summed E-state index contributed by atoms with van der Waals surface area (Å²) in [7, 11) is -2.87. The predicted molar refractivity (Wildman–Crippen MR) is 84.2 cm³/mol. The van der Waals surface area contributed by atoms with Gasteiger partial charge in [0.25, 0.3) is 0 Å². The van der Waals surface area contributed by atoms with Gasteiger partial charge in [-0.2, -0.15) is 0 Å². The summed E-state index contributed by atoms with van der Waals surface area (Å²) in [5.74, 6) is 0.377. The van der Waals surface area contributed by atoms with Crippen LogP contribution in [-0.4, -0.2) is 38.4 Å². The summed E-state index contributed by atoms with van der Waals surface area (Å²) in [5.41, 5.74) is 2.97. The van der Waals surface area contributed by atoms with Crippen molar-refractivity contribution in [3.8, 4) is 0 Å². The Kier molecular flexibility index (Phi) is 5.00. The van der Waals surface area contributed by atoms with E-state index in [1.54, 1.807) is 0 Å². The Morgan fingerprint density at radius 2 is 2.10 bits per heavy atom. The molecule has 0 bridgehead atoms. The minimum Gasteiger partial charge on any atom is -0.326 e. The molecule has 116 valence electrons. The van der Waals surface area contributed by atoms with Crippen LogP contribution in [0, 0.1) is 13.8 Å². The third-order valence-corrected chi connectivity index (χ3v) is 5.45. The van der Waals surface area contributed by atoms with Crippen LogP contribution in [0.3, 0.4) is 0 Å². The maximum absolute atomic E-state index is 11.9. The van der Waals surface area contributed by atoms with Crippen LogP contribution < -0.4 is 10.6 Å².